The van der Waals surface area contributed by atoms with E-state index in [0.717, 1.165) is 0 Å². The zero-order chi connectivity index (χ0) is 20.1. The molecule has 8 heteroatoms. The van der Waals surface area contributed by atoms with Gasteiger partial charge in [0.25, 0.3) is 11.8 Å². The first kappa shape index (κ1) is 19.3. The Morgan fingerprint density at radius 1 is 1.11 bits per heavy atom. The van der Waals surface area contributed by atoms with Gasteiger partial charge in [-0.2, -0.15) is 0 Å². The molecule has 8 nitrogen and oxygen atoms in total. The minimum atomic E-state index is -0.671. The van der Waals surface area contributed by atoms with Gasteiger partial charge >= 0.3 is 0 Å². The van der Waals surface area contributed by atoms with Crippen LogP contribution in [0.3, 0.4) is 0 Å². The second-order valence-electron chi connectivity index (χ2n) is 6.05. The zero-order valence-corrected chi connectivity index (χ0v) is 15.9. The van der Waals surface area contributed by atoms with E-state index in [4.69, 9.17) is 18.9 Å². The fourth-order valence-electron chi connectivity index (χ4n) is 2.91. The largest absolute Gasteiger partial charge is 0.493 e. The minimum Gasteiger partial charge on any atom is -0.493 e. The van der Waals surface area contributed by atoms with Crippen LogP contribution in [0.2, 0.25) is 0 Å². The Kier molecular flexibility index (Phi) is 5.88. The number of amides is 2. The molecule has 0 aliphatic carbocycles. The molecular formula is C20H22N2O6. The number of methoxy groups -OCH3 is 3. The number of rotatable bonds is 7. The van der Waals surface area contributed by atoms with Gasteiger partial charge in [-0.05, 0) is 24.3 Å². The molecule has 28 heavy (non-hydrogen) atoms. The summed E-state index contributed by atoms with van der Waals surface area (Å²) in [5, 5.41) is 5.58. The maximum Gasteiger partial charge on any atom is 0.265 e. The first-order valence-corrected chi connectivity index (χ1v) is 8.72. The van der Waals surface area contributed by atoms with Gasteiger partial charge in [0.05, 0.1) is 27.0 Å². The fourth-order valence-corrected chi connectivity index (χ4v) is 2.91. The molecule has 0 radical (unpaired) electrons. The number of hydrogen-bond acceptors (Lipinski definition) is 6. The fraction of sp³-hybridized carbons (Fsp3) is 0.300. The maximum absolute atomic E-state index is 12.5. The molecule has 0 saturated heterocycles. The van der Waals surface area contributed by atoms with Crippen LogP contribution < -0.4 is 29.6 Å². The van der Waals surface area contributed by atoms with E-state index in [-0.39, 0.29) is 18.4 Å². The van der Waals surface area contributed by atoms with Crippen LogP contribution in [-0.2, 0) is 4.79 Å². The highest BCUT2D eigenvalue weighted by Crippen LogP contribution is 2.38. The third-order valence-electron chi connectivity index (χ3n) is 4.33. The number of carbonyl (C=O) groups excluding carboxylic acids is 2. The van der Waals surface area contributed by atoms with Crippen molar-refractivity contribution < 1.29 is 28.5 Å². The number of benzene rings is 2. The van der Waals surface area contributed by atoms with Crippen LogP contribution in [0.1, 0.15) is 16.8 Å². The van der Waals surface area contributed by atoms with Crippen LogP contribution in [0.5, 0.6) is 23.0 Å². The summed E-state index contributed by atoms with van der Waals surface area (Å²) in [5.74, 6) is 1.24. The number of ether oxygens (including phenoxy) is 4. The van der Waals surface area contributed by atoms with Crippen molar-refractivity contribution in [3.8, 4) is 23.0 Å². The van der Waals surface area contributed by atoms with Crippen molar-refractivity contribution in [3.05, 3.63) is 42.0 Å². The average molecular weight is 386 g/mol. The van der Waals surface area contributed by atoms with E-state index in [1.807, 2.05) is 12.1 Å². The highest BCUT2D eigenvalue weighted by molar-refractivity contribution is 5.98. The summed E-state index contributed by atoms with van der Waals surface area (Å²) in [6.45, 7) is 0.260. The van der Waals surface area contributed by atoms with Gasteiger partial charge in [0.15, 0.2) is 17.6 Å². The van der Waals surface area contributed by atoms with Crippen LogP contribution in [0.15, 0.2) is 36.4 Å². The number of nitrogens with one attached hydrogen (secondary N) is 2. The van der Waals surface area contributed by atoms with Crippen molar-refractivity contribution in [1.29, 1.82) is 0 Å². The molecule has 2 amide bonds. The summed E-state index contributed by atoms with van der Waals surface area (Å²) in [6.07, 6.45) is -0.341. The number of fused-ring (bicyclic) bond motifs is 1. The van der Waals surface area contributed by atoms with Crippen LogP contribution in [0, 0.1) is 0 Å². The van der Waals surface area contributed by atoms with Crippen molar-refractivity contribution >= 4 is 17.5 Å². The van der Waals surface area contributed by atoms with E-state index in [9.17, 15) is 9.59 Å². The third-order valence-corrected chi connectivity index (χ3v) is 4.33. The van der Waals surface area contributed by atoms with Crippen LogP contribution in [0.25, 0.3) is 0 Å². The van der Waals surface area contributed by atoms with E-state index in [1.165, 1.54) is 21.3 Å². The van der Waals surface area contributed by atoms with Crippen LogP contribution >= 0.6 is 0 Å². The predicted octanol–water partition coefficient (Wildman–Crippen LogP) is 2.23. The van der Waals surface area contributed by atoms with Crippen LogP contribution in [0.4, 0.5) is 5.69 Å². The van der Waals surface area contributed by atoms with Crippen molar-refractivity contribution in [3.63, 3.8) is 0 Å². The van der Waals surface area contributed by atoms with Gasteiger partial charge < -0.3 is 29.6 Å². The average Bonchev–Trinajstić information content (AvgIpc) is 2.72. The summed E-state index contributed by atoms with van der Waals surface area (Å²) >= 11 is 0. The number of para-hydroxylation sites is 2. The molecule has 1 unspecified atom stereocenters. The monoisotopic (exact) mass is 386 g/mol. The summed E-state index contributed by atoms with van der Waals surface area (Å²) in [7, 11) is 4.46. The van der Waals surface area contributed by atoms with Gasteiger partial charge in [-0.1, -0.05) is 12.1 Å². The molecule has 0 bridgehead atoms. The lowest BCUT2D eigenvalue weighted by Gasteiger charge is -2.25. The lowest BCUT2D eigenvalue weighted by atomic mass is 10.1. The summed E-state index contributed by atoms with van der Waals surface area (Å²) < 4.78 is 21.5. The van der Waals surface area contributed by atoms with Gasteiger partial charge in [0, 0.05) is 18.5 Å². The first-order valence-electron chi connectivity index (χ1n) is 8.72. The standard InChI is InChI=1S/C20H22N2O6/c1-25-16-10-12(11-17(26-2)18(16)27-3)19(23)21-9-8-15-20(24)22-13-6-4-5-7-14(13)28-15/h4-7,10-11,15H,8-9H2,1-3H3,(H,21,23)(H,22,24). The van der Waals surface area contributed by atoms with Crippen molar-refractivity contribution in [2.24, 2.45) is 0 Å². The lowest BCUT2D eigenvalue weighted by Crippen LogP contribution is -2.39. The molecule has 0 saturated carbocycles. The highest BCUT2D eigenvalue weighted by atomic mass is 16.5. The molecule has 0 fully saturated rings. The smallest absolute Gasteiger partial charge is 0.265 e. The van der Waals surface area contributed by atoms with Gasteiger partial charge in [-0.25, -0.2) is 0 Å². The van der Waals surface area contributed by atoms with E-state index >= 15 is 0 Å². The lowest BCUT2D eigenvalue weighted by molar-refractivity contribution is -0.123. The van der Waals surface area contributed by atoms with E-state index in [1.54, 1.807) is 24.3 Å². The third kappa shape index (κ3) is 3.95. The summed E-state index contributed by atoms with van der Waals surface area (Å²) in [6, 6.07) is 10.3. The molecule has 2 N–H and O–H groups in total. The van der Waals surface area contributed by atoms with Crippen molar-refractivity contribution in [1.82, 2.24) is 5.32 Å². The van der Waals surface area contributed by atoms with E-state index in [0.29, 0.717) is 40.7 Å². The molecule has 1 aliphatic heterocycles. The Balaban J connectivity index is 1.63. The van der Waals surface area contributed by atoms with Gasteiger partial charge in [-0.3, -0.25) is 9.59 Å². The Labute approximate surface area is 162 Å². The quantitative estimate of drug-likeness (QED) is 0.758. The molecule has 0 spiro atoms. The molecule has 2 aromatic carbocycles. The molecule has 148 valence electrons. The highest BCUT2D eigenvalue weighted by Gasteiger charge is 2.27. The molecule has 3 rings (SSSR count). The van der Waals surface area contributed by atoms with E-state index < -0.39 is 6.10 Å². The second kappa shape index (κ2) is 8.51. The Bertz CT molecular complexity index is 858. The van der Waals surface area contributed by atoms with Gasteiger partial charge in [-0.15, -0.1) is 0 Å². The van der Waals surface area contributed by atoms with E-state index in [2.05, 4.69) is 10.6 Å². The predicted molar refractivity (Wildman–Crippen MR) is 103 cm³/mol. The molecule has 0 aromatic heterocycles. The topological polar surface area (TPSA) is 95.1 Å². The molecule has 2 aromatic rings. The Morgan fingerprint density at radius 3 is 2.43 bits per heavy atom. The number of hydrogen-bond donors (Lipinski definition) is 2. The minimum absolute atomic E-state index is 0.235. The second-order valence-corrected chi connectivity index (χ2v) is 6.05. The zero-order valence-electron chi connectivity index (χ0n) is 15.9. The molecule has 1 atom stereocenters. The first-order chi connectivity index (χ1) is 13.6. The number of anilines is 1. The molecule has 1 heterocycles. The molecular weight excluding hydrogens is 364 g/mol. The SMILES string of the molecule is COc1cc(C(=O)NCCC2Oc3ccccc3NC2=O)cc(OC)c1OC. The number of carbonyl (C=O) groups is 2. The molecule has 1 aliphatic rings. The van der Waals surface area contributed by atoms with Gasteiger partial charge in [0.1, 0.15) is 5.75 Å². The normalized spacial score (nSPS) is 15.0. The van der Waals surface area contributed by atoms with Crippen molar-refractivity contribution in [2.75, 3.05) is 33.2 Å². The maximum atomic E-state index is 12.5. The van der Waals surface area contributed by atoms with Gasteiger partial charge in [0.2, 0.25) is 5.75 Å². The summed E-state index contributed by atoms with van der Waals surface area (Å²) in [4.78, 5) is 24.6. The Hall–Kier alpha value is -3.42. The van der Waals surface area contributed by atoms with Crippen LogP contribution in [-0.4, -0.2) is 45.8 Å². The Morgan fingerprint density at radius 2 is 1.79 bits per heavy atom. The van der Waals surface area contributed by atoms with Crippen molar-refractivity contribution in [2.45, 2.75) is 12.5 Å². The summed E-state index contributed by atoms with van der Waals surface area (Å²) in [5.41, 5.74) is 0.999.